The van der Waals surface area contributed by atoms with E-state index in [9.17, 15) is 14.7 Å². The Labute approximate surface area is 115 Å². The number of carboxylic acid groups (broad SMARTS) is 1. The number of nitrogens with zero attached hydrogens (tertiary/aromatic N) is 1. The fourth-order valence-corrected chi connectivity index (χ4v) is 1.51. The van der Waals surface area contributed by atoms with Gasteiger partial charge in [0.15, 0.2) is 6.04 Å². The molecule has 0 aliphatic carbocycles. The Morgan fingerprint density at radius 2 is 2.15 bits per heavy atom. The standard InChI is InChI=1S/C13H15N3O4/c1-8(17)11(12(18)19)16-13(20)15-7-10-4-2-3-9(5-10)6-14/h2-5,8,11,17H,7H2,1H3,(H,18,19)(H2,15,16,20)/t8-,11+/m1/s1. The van der Waals surface area contributed by atoms with Crippen LogP contribution < -0.4 is 10.6 Å². The van der Waals surface area contributed by atoms with E-state index in [1.807, 2.05) is 6.07 Å². The molecule has 4 N–H and O–H groups in total. The number of rotatable bonds is 5. The number of carbonyl (C=O) groups is 2. The second-order valence-corrected chi connectivity index (χ2v) is 4.20. The Morgan fingerprint density at radius 1 is 1.45 bits per heavy atom. The van der Waals surface area contributed by atoms with Crippen LogP contribution in [0.25, 0.3) is 0 Å². The van der Waals surface area contributed by atoms with Crippen molar-refractivity contribution in [2.75, 3.05) is 0 Å². The summed E-state index contributed by atoms with van der Waals surface area (Å²) in [7, 11) is 0. The summed E-state index contributed by atoms with van der Waals surface area (Å²) in [6.07, 6.45) is -1.21. The minimum Gasteiger partial charge on any atom is -0.480 e. The molecule has 2 atom stereocenters. The molecule has 0 aliphatic rings. The zero-order chi connectivity index (χ0) is 15.1. The number of amides is 2. The lowest BCUT2D eigenvalue weighted by molar-refractivity contribution is -0.141. The Balaban J connectivity index is 2.55. The van der Waals surface area contributed by atoms with E-state index in [0.717, 1.165) is 0 Å². The number of aliphatic carboxylic acids is 1. The van der Waals surface area contributed by atoms with Gasteiger partial charge in [0.25, 0.3) is 0 Å². The van der Waals surface area contributed by atoms with Crippen LogP contribution in [0.15, 0.2) is 24.3 Å². The third-order valence-corrected chi connectivity index (χ3v) is 2.54. The van der Waals surface area contributed by atoms with Crippen LogP contribution in [0.2, 0.25) is 0 Å². The first-order valence-electron chi connectivity index (χ1n) is 5.88. The molecule has 0 aliphatic heterocycles. The number of aliphatic hydroxyl groups is 1. The van der Waals surface area contributed by atoms with Crippen LogP contribution in [-0.4, -0.2) is 34.4 Å². The average molecular weight is 277 g/mol. The summed E-state index contributed by atoms with van der Waals surface area (Å²) < 4.78 is 0. The normalized spacial score (nSPS) is 12.8. The molecule has 0 bridgehead atoms. The van der Waals surface area contributed by atoms with Gasteiger partial charge in [0.05, 0.1) is 17.7 Å². The van der Waals surface area contributed by atoms with E-state index >= 15 is 0 Å². The molecule has 0 fully saturated rings. The van der Waals surface area contributed by atoms with Gasteiger partial charge < -0.3 is 20.8 Å². The molecule has 1 aromatic carbocycles. The van der Waals surface area contributed by atoms with E-state index in [0.29, 0.717) is 11.1 Å². The quantitative estimate of drug-likeness (QED) is 0.612. The summed E-state index contributed by atoms with van der Waals surface area (Å²) >= 11 is 0. The van der Waals surface area contributed by atoms with E-state index in [1.165, 1.54) is 6.92 Å². The van der Waals surface area contributed by atoms with Gasteiger partial charge in [-0.1, -0.05) is 12.1 Å². The second-order valence-electron chi connectivity index (χ2n) is 4.20. The zero-order valence-corrected chi connectivity index (χ0v) is 10.8. The minimum atomic E-state index is -1.37. The number of urea groups is 1. The molecular formula is C13H15N3O4. The minimum absolute atomic E-state index is 0.146. The monoisotopic (exact) mass is 277 g/mol. The Hall–Kier alpha value is -2.59. The molecule has 1 rings (SSSR count). The lowest BCUT2D eigenvalue weighted by Gasteiger charge is -2.17. The number of aliphatic hydroxyl groups excluding tert-OH is 1. The largest absolute Gasteiger partial charge is 0.480 e. The molecule has 0 saturated heterocycles. The number of hydrogen-bond donors (Lipinski definition) is 4. The van der Waals surface area contributed by atoms with Gasteiger partial charge in [0.1, 0.15) is 0 Å². The molecule has 0 aromatic heterocycles. The second kappa shape index (κ2) is 7.11. The summed E-state index contributed by atoms with van der Waals surface area (Å²) in [4.78, 5) is 22.3. The van der Waals surface area contributed by atoms with E-state index in [4.69, 9.17) is 10.4 Å². The van der Waals surface area contributed by atoms with Gasteiger partial charge in [-0.25, -0.2) is 9.59 Å². The smallest absolute Gasteiger partial charge is 0.328 e. The van der Waals surface area contributed by atoms with E-state index < -0.39 is 24.1 Å². The maximum absolute atomic E-state index is 11.5. The van der Waals surface area contributed by atoms with Crippen molar-refractivity contribution in [3.8, 4) is 6.07 Å². The highest BCUT2D eigenvalue weighted by Crippen LogP contribution is 2.03. The predicted octanol–water partition coefficient (Wildman–Crippen LogP) is 0.191. The molecular weight excluding hydrogens is 262 g/mol. The molecule has 20 heavy (non-hydrogen) atoms. The van der Waals surface area contributed by atoms with Crippen LogP contribution in [0.1, 0.15) is 18.1 Å². The predicted molar refractivity (Wildman–Crippen MR) is 69.6 cm³/mol. The summed E-state index contributed by atoms with van der Waals surface area (Å²) in [5.74, 6) is -1.32. The number of carbonyl (C=O) groups excluding carboxylic acids is 1. The van der Waals surface area contributed by atoms with Crippen molar-refractivity contribution in [1.82, 2.24) is 10.6 Å². The molecule has 1 aromatic rings. The molecule has 106 valence electrons. The molecule has 0 spiro atoms. The summed E-state index contributed by atoms with van der Waals surface area (Å²) in [5.41, 5.74) is 1.18. The third-order valence-electron chi connectivity index (χ3n) is 2.54. The molecule has 0 saturated carbocycles. The molecule has 7 heteroatoms. The summed E-state index contributed by atoms with van der Waals surface area (Å²) in [6, 6.07) is 6.56. The summed E-state index contributed by atoms with van der Waals surface area (Å²) in [5, 5.41) is 31.4. The van der Waals surface area contributed by atoms with Gasteiger partial charge in [-0.3, -0.25) is 0 Å². The highest BCUT2D eigenvalue weighted by Gasteiger charge is 2.24. The Morgan fingerprint density at radius 3 is 2.70 bits per heavy atom. The van der Waals surface area contributed by atoms with Crippen molar-refractivity contribution in [2.24, 2.45) is 0 Å². The van der Waals surface area contributed by atoms with Gasteiger partial charge in [-0.2, -0.15) is 5.26 Å². The highest BCUT2D eigenvalue weighted by atomic mass is 16.4. The van der Waals surface area contributed by atoms with Crippen molar-refractivity contribution in [1.29, 1.82) is 5.26 Å². The highest BCUT2D eigenvalue weighted by molar-refractivity contribution is 5.82. The van der Waals surface area contributed by atoms with Crippen molar-refractivity contribution in [2.45, 2.75) is 25.6 Å². The first kappa shape index (κ1) is 15.5. The molecule has 0 unspecified atom stereocenters. The Kier molecular flexibility index (Phi) is 5.50. The van der Waals surface area contributed by atoms with Gasteiger partial charge >= 0.3 is 12.0 Å². The molecule has 0 radical (unpaired) electrons. The maximum Gasteiger partial charge on any atom is 0.328 e. The van der Waals surface area contributed by atoms with Gasteiger partial charge in [0.2, 0.25) is 0 Å². The molecule has 7 nitrogen and oxygen atoms in total. The third kappa shape index (κ3) is 4.59. The molecule has 2 amide bonds. The first-order valence-corrected chi connectivity index (χ1v) is 5.88. The number of benzene rings is 1. The van der Waals surface area contributed by atoms with Crippen molar-refractivity contribution in [3.05, 3.63) is 35.4 Å². The van der Waals surface area contributed by atoms with Crippen molar-refractivity contribution < 1.29 is 19.8 Å². The molecule has 0 heterocycles. The van der Waals surface area contributed by atoms with Crippen LogP contribution >= 0.6 is 0 Å². The van der Waals surface area contributed by atoms with E-state index in [1.54, 1.807) is 24.3 Å². The van der Waals surface area contributed by atoms with Crippen LogP contribution in [0.5, 0.6) is 0 Å². The maximum atomic E-state index is 11.5. The Bertz CT molecular complexity index is 537. The first-order chi connectivity index (χ1) is 9.43. The van der Waals surface area contributed by atoms with Crippen LogP contribution in [0.4, 0.5) is 4.79 Å². The fraction of sp³-hybridized carbons (Fsp3) is 0.308. The SMILES string of the molecule is C[C@@H](O)[C@H](NC(=O)NCc1cccc(C#N)c1)C(=O)O. The van der Waals surface area contributed by atoms with Crippen LogP contribution in [0, 0.1) is 11.3 Å². The number of carboxylic acids is 1. The summed E-state index contributed by atoms with van der Waals surface area (Å²) in [6.45, 7) is 1.42. The number of nitrogens with one attached hydrogen (secondary N) is 2. The van der Waals surface area contributed by atoms with Crippen molar-refractivity contribution in [3.63, 3.8) is 0 Å². The van der Waals surface area contributed by atoms with Crippen LogP contribution in [0.3, 0.4) is 0 Å². The van der Waals surface area contributed by atoms with Crippen molar-refractivity contribution >= 4 is 12.0 Å². The fourth-order valence-electron chi connectivity index (χ4n) is 1.51. The number of hydrogen-bond acceptors (Lipinski definition) is 4. The van der Waals surface area contributed by atoms with Gasteiger partial charge in [-0.15, -0.1) is 0 Å². The van der Waals surface area contributed by atoms with Crippen LogP contribution in [-0.2, 0) is 11.3 Å². The zero-order valence-electron chi connectivity index (χ0n) is 10.8. The lowest BCUT2D eigenvalue weighted by atomic mass is 10.1. The van der Waals surface area contributed by atoms with Gasteiger partial charge in [0, 0.05) is 6.54 Å². The average Bonchev–Trinajstić information content (AvgIpc) is 2.42. The lowest BCUT2D eigenvalue weighted by Crippen LogP contribution is -2.50. The van der Waals surface area contributed by atoms with E-state index in [2.05, 4.69) is 10.6 Å². The van der Waals surface area contributed by atoms with E-state index in [-0.39, 0.29) is 6.54 Å². The van der Waals surface area contributed by atoms with Gasteiger partial charge in [-0.05, 0) is 24.6 Å². The topological polar surface area (TPSA) is 122 Å². The number of nitriles is 1.